The molecule has 12 heavy (non-hydrogen) atoms. The molecule has 1 heterocycles. The van der Waals surface area contributed by atoms with Gasteiger partial charge in [0.05, 0.1) is 12.2 Å². The summed E-state index contributed by atoms with van der Waals surface area (Å²) in [6.45, 7) is 6.74. The second-order valence-corrected chi connectivity index (χ2v) is 4.00. The lowest BCUT2D eigenvalue weighted by Crippen LogP contribution is -2.32. The molecule has 1 fully saturated rings. The van der Waals surface area contributed by atoms with E-state index in [1.165, 1.54) is 32.1 Å². The van der Waals surface area contributed by atoms with E-state index in [0.717, 1.165) is 5.92 Å². The average molecular weight is 170 g/mol. The zero-order valence-corrected chi connectivity index (χ0v) is 8.68. The van der Waals surface area contributed by atoms with Gasteiger partial charge in [0.2, 0.25) is 0 Å². The first-order valence-corrected chi connectivity index (χ1v) is 5.43. The van der Waals surface area contributed by atoms with Crippen molar-refractivity contribution < 1.29 is 4.74 Å². The molecule has 3 atom stereocenters. The molecule has 0 aliphatic carbocycles. The highest BCUT2D eigenvalue weighted by Crippen LogP contribution is 2.28. The molecule has 72 valence electrons. The van der Waals surface area contributed by atoms with E-state index in [2.05, 4.69) is 20.8 Å². The smallest absolute Gasteiger partial charge is 0.0579 e. The van der Waals surface area contributed by atoms with Crippen LogP contribution >= 0.6 is 0 Å². The molecule has 1 heteroatoms. The molecular weight excluding hydrogens is 148 g/mol. The third-order valence-electron chi connectivity index (χ3n) is 3.07. The van der Waals surface area contributed by atoms with E-state index in [1.807, 2.05) is 0 Å². The summed E-state index contributed by atoms with van der Waals surface area (Å²) in [5, 5.41) is 0. The zero-order chi connectivity index (χ0) is 8.97. The van der Waals surface area contributed by atoms with E-state index < -0.39 is 0 Å². The first-order chi connectivity index (χ1) is 5.77. The van der Waals surface area contributed by atoms with Crippen molar-refractivity contribution in [1.82, 2.24) is 0 Å². The van der Waals surface area contributed by atoms with Crippen molar-refractivity contribution in [3.8, 4) is 0 Å². The topological polar surface area (TPSA) is 9.23 Å². The van der Waals surface area contributed by atoms with Crippen LogP contribution in [0.2, 0.25) is 0 Å². The van der Waals surface area contributed by atoms with Crippen LogP contribution in [0.15, 0.2) is 0 Å². The molecule has 0 spiro atoms. The molecule has 0 aromatic rings. The Labute approximate surface area is 76.5 Å². The average Bonchev–Trinajstić information content (AvgIpc) is 2.05. The first-order valence-electron chi connectivity index (χ1n) is 5.43. The highest BCUT2D eigenvalue weighted by molar-refractivity contribution is 4.75. The molecule has 1 aliphatic rings. The predicted molar refractivity (Wildman–Crippen MR) is 52.3 cm³/mol. The van der Waals surface area contributed by atoms with Gasteiger partial charge in [-0.05, 0) is 32.1 Å². The molecule has 0 bridgehead atoms. The highest BCUT2D eigenvalue weighted by atomic mass is 16.5. The number of hydrogen-bond donors (Lipinski definition) is 0. The maximum atomic E-state index is 5.93. The molecule has 0 N–H and O–H groups in total. The van der Waals surface area contributed by atoms with Crippen LogP contribution in [0.3, 0.4) is 0 Å². The normalized spacial score (nSPS) is 36.8. The Bertz CT molecular complexity index is 122. The largest absolute Gasteiger partial charge is 0.375 e. The fourth-order valence-electron chi connectivity index (χ4n) is 2.19. The van der Waals surface area contributed by atoms with Gasteiger partial charge in [-0.15, -0.1) is 0 Å². The lowest BCUT2D eigenvalue weighted by molar-refractivity contribution is -0.0771. The third kappa shape index (κ3) is 2.48. The predicted octanol–water partition coefficient (Wildman–Crippen LogP) is 3.38. The van der Waals surface area contributed by atoms with Gasteiger partial charge in [-0.25, -0.2) is 0 Å². The van der Waals surface area contributed by atoms with Crippen LogP contribution in [-0.2, 0) is 4.74 Å². The number of rotatable bonds is 3. The van der Waals surface area contributed by atoms with Crippen molar-refractivity contribution >= 4 is 0 Å². The van der Waals surface area contributed by atoms with Gasteiger partial charge >= 0.3 is 0 Å². The van der Waals surface area contributed by atoms with Gasteiger partial charge in [-0.1, -0.05) is 26.7 Å². The van der Waals surface area contributed by atoms with Gasteiger partial charge in [0.15, 0.2) is 0 Å². The van der Waals surface area contributed by atoms with E-state index >= 15 is 0 Å². The fourth-order valence-corrected chi connectivity index (χ4v) is 2.19. The molecule has 0 amide bonds. The quantitative estimate of drug-likeness (QED) is 0.631. The molecule has 0 aromatic carbocycles. The highest BCUT2D eigenvalue weighted by Gasteiger charge is 2.25. The Morgan fingerprint density at radius 2 is 2.00 bits per heavy atom. The Kier molecular flexibility index (Phi) is 4.07. The van der Waals surface area contributed by atoms with Crippen LogP contribution in [0.5, 0.6) is 0 Å². The maximum absolute atomic E-state index is 5.93. The number of ether oxygens (including phenoxy) is 1. The van der Waals surface area contributed by atoms with Gasteiger partial charge in [0, 0.05) is 0 Å². The molecule has 1 aliphatic heterocycles. The van der Waals surface area contributed by atoms with Crippen LogP contribution in [0.4, 0.5) is 0 Å². The Morgan fingerprint density at radius 3 is 2.50 bits per heavy atom. The summed E-state index contributed by atoms with van der Waals surface area (Å²) < 4.78 is 5.93. The number of hydrogen-bond acceptors (Lipinski definition) is 1. The van der Waals surface area contributed by atoms with E-state index in [9.17, 15) is 0 Å². The molecule has 3 unspecified atom stereocenters. The Balaban J connectivity index is 2.30. The van der Waals surface area contributed by atoms with Gasteiger partial charge in [0.1, 0.15) is 0 Å². The van der Waals surface area contributed by atoms with Gasteiger partial charge < -0.3 is 4.74 Å². The van der Waals surface area contributed by atoms with Crippen LogP contribution in [0.25, 0.3) is 0 Å². The SMILES string of the molecule is CCCC1CCC(CC)C(C)O1. The minimum absolute atomic E-state index is 0.500. The van der Waals surface area contributed by atoms with Crippen LogP contribution in [0.1, 0.15) is 52.9 Å². The molecule has 0 radical (unpaired) electrons. The summed E-state index contributed by atoms with van der Waals surface area (Å²) in [7, 11) is 0. The summed E-state index contributed by atoms with van der Waals surface area (Å²) >= 11 is 0. The van der Waals surface area contributed by atoms with E-state index in [-0.39, 0.29) is 0 Å². The lowest BCUT2D eigenvalue weighted by atomic mass is 9.89. The van der Waals surface area contributed by atoms with Crippen LogP contribution in [0, 0.1) is 5.92 Å². The van der Waals surface area contributed by atoms with Crippen molar-refractivity contribution in [2.75, 3.05) is 0 Å². The standard InChI is InChI=1S/C11H22O/c1-4-6-11-8-7-10(5-2)9(3)12-11/h9-11H,4-8H2,1-3H3. The van der Waals surface area contributed by atoms with Crippen molar-refractivity contribution in [3.63, 3.8) is 0 Å². The summed E-state index contributed by atoms with van der Waals surface area (Å²) in [5.74, 6) is 0.818. The van der Waals surface area contributed by atoms with Crippen molar-refractivity contribution in [1.29, 1.82) is 0 Å². The molecule has 1 saturated heterocycles. The first kappa shape index (κ1) is 10.0. The third-order valence-corrected chi connectivity index (χ3v) is 3.07. The van der Waals surface area contributed by atoms with Crippen molar-refractivity contribution in [2.45, 2.75) is 65.1 Å². The molecular formula is C11H22O. The Hall–Kier alpha value is -0.0400. The van der Waals surface area contributed by atoms with Gasteiger partial charge in [0.25, 0.3) is 0 Å². The molecule has 0 saturated carbocycles. The van der Waals surface area contributed by atoms with E-state index in [1.54, 1.807) is 0 Å². The fraction of sp³-hybridized carbons (Fsp3) is 1.00. The van der Waals surface area contributed by atoms with E-state index in [0.29, 0.717) is 12.2 Å². The van der Waals surface area contributed by atoms with Gasteiger partial charge in [-0.2, -0.15) is 0 Å². The minimum atomic E-state index is 0.500. The van der Waals surface area contributed by atoms with Crippen molar-refractivity contribution in [2.24, 2.45) is 5.92 Å². The molecule has 1 rings (SSSR count). The Morgan fingerprint density at radius 1 is 1.25 bits per heavy atom. The van der Waals surface area contributed by atoms with Crippen LogP contribution < -0.4 is 0 Å². The summed E-state index contributed by atoms with van der Waals surface area (Å²) in [6.07, 6.45) is 7.52. The van der Waals surface area contributed by atoms with E-state index in [4.69, 9.17) is 4.74 Å². The minimum Gasteiger partial charge on any atom is -0.375 e. The molecule has 0 aromatic heterocycles. The maximum Gasteiger partial charge on any atom is 0.0579 e. The summed E-state index contributed by atoms with van der Waals surface area (Å²) in [4.78, 5) is 0. The molecule has 1 nitrogen and oxygen atoms in total. The van der Waals surface area contributed by atoms with Crippen molar-refractivity contribution in [3.05, 3.63) is 0 Å². The second-order valence-electron chi connectivity index (χ2n) is 4.00. The van der Waals surface area contributed by atoms with Gasteiger partial charge in [-0.3, -0.25) is 0 Å². The van der Waals surface area contributed by atoms with Crippen LogP contribution in [-0.4, -0.2) is 12.2 Å². The second kappa shape index (κ2) is 4.86. The summed E-state index contributed by atoms with van der Waals surface area (Å²) in [5.41, 5.74) is 0. The summed E-state index contributed by atoms with van der Waals surface area (Å²) in [6, 6.07) is 0. The monoisotopic (exact) mass is 170 g/mol. The zero-order valence-electron chi connectivity index (χ0n) is 8.68. The lowest BCUT2D eigenvalue weighted by Gasteiger charge is -2.34.